The molecule has 0 spiro atoms. The number of benzene rings is 2. The molecule has 1 atom stereocenters. The van der Waals surface area contributed by atoms with Gasteiger partial charge in [-0.25, -0.2) is 4.39 Å². The first kappa shape index (κ1) is 14.8. The summed E-state index contributed by atoms with van der Waals surface area (Å²) >= 11 is 5.90. The molecule has 2 aromatic rings. The van der Waals surface area contributed by atoms with Gasteiger partial charge in [-0.05, 0) is 62.2 Å². The molecule has 0 aliphatic rings. The molecule has 0 amide bonds. The van der Waals surface area contributed by atoms with E-state index in [4.69, 9.17) is 16.3 Å². The van der Waals surface area contributed by atoms with Crippen molar-refractivity contribution in [1.82, 2.24) is 0 Å². The van der Waals surface area contributed by atoms with E-state index in [1.807, 2.05) is 6.92 Å². The monoisotopic (exact) mass is 294 g/mol. The van der Waals surface area contributed by atoms with Crippen LogP contribution in [0.5, 0.6) is 11.5 Å². The number of halogens is 2. The van der Waals surface area contributed by atoms with E-state index in [9.17, 15) is 9.50 Å². The molecular formula is C16H16ClFO2. The maximum atomic E-state index is 13.6. The fraction of sp³-hybridized carbons (Fsp3) is 0.250. The minimum atomic E-state index is -0.812. The molecule has 20 heavy (non-hydrogen) atoms. The van der Waals surface area contributed by atoms with Gasteiger partial charge in [-0.3, -0.25) is 0 Å². The van der Waals surface area contributed by atoms with Crippen LogP contribution in [0.2, 0.25) is 5.02 Å². The lowest BCUT2D eigenvalue weighted by molar-refractivity contribution is 0.195. The Labute approximate surface area is 122 Å². The predicted octanol–water partition coefficient (Wildman–Crippen LogP) is 4.94. The average Bonchev–Trinajstić information content (AvgIpc) is 2.36. The summed E-state index contributed by atoms with van der Waals surface area (Å²) in [4.78, 5) is 0. The molecule has 2 nitrogen and oxygen atoms in total. The van der Waals surface area contributed by atoms with Crippen LogP contribution >= 0.6 is 11.6 Å². The molecule has 0 aliphatic heterocycles. The molecule has 106 valence electrons. The zero-order chi connectivity index (χ0) is 14.9. The van der Waals surface area contributed by atoms with Gasteiger partial charge in [0.1, 0.15) is 17.3 Å². The second-order valence-electron chi connectivity index (χ2n) is 4.83. The Balaban J connectivity index is 2.44. The first-order valence-electron chi connectivity index (χ1n) is 6.30. The van der Waals surface area contributed by atoms with E-state index in [0.29, 0.717) is 27.6 Å². The van der Waals surface area contributed by atoms with E-state index in [1.54, 1.807) is 38.1 Å². The van der Waals surface area contributed by atoms with Gasteiger partial charge >= 0.3 is 0 Å². The van der Waals surface area contributed by atoms with Crippen molar-refractivity contribution in [2.24, 2.45) is 0 Å². The molecule has 0 bridgehead atoms. The number of rotatable bonds is 3. The van der Waals surface area contributed by atoms with E-state index in [2.05, 4.69) is 0 Å². The number of ether oxygens (including phenoxy) is 1. The van der Waals surface area contributed by atoms with E-state index < -0.39 is 6.10 Å². The van der Waals surface area contributed by atoms with Gasteiger partial charge in [0, 0.05) is 10.6 Å². The van der Waals surface area contributed by atoms with E-state index in [1.165, 1.54) is 6.07 Å². The third-order valence-corrected chi connectivity index (χ3v) is 3.33. The van der Waals surface area contributed by atoms with Crippen LogP contribution in [-0.2, 0) is 0 Å². The molecule has 0 aromatic heterocycles. The Bertz CT molecular complexity index is 639. The highest BCUT2D eigenvalue weighted by Gasteiger charge is 2.14. The zero-order valence-electron chi connectivity index (χ0n) is 11.6. The van der Waals surface area contributed by atoms with Crippen LogP contribution in [0.4, 0.5) is 4.39 Å². The number of hydrogen-bond acceptors (Lipinski definition) is 2. The number of aliphatic hydroxyl groups excluding tert-OH is 1. The van der Waals surface area contributed by atoms with Gasteiger partial charge in [-0.1, -0.05) is 11.6 Å². The maximum Gasteiger partial charge on any atom is 0.133 e. The minimum absolute atomic E-state index is 0.360. The van der Waals surface area contributed by atoms with Gasteiger partial charge in [0.15, 0.2) is 0 Å². The quantitative estimate of drug-likeness (QED) is 0.868. The van der Waals surface area contributed by atoms with Crippen molar-refractivity contribution >= 4 is 11.6 Å². The summed E-state index contributed by atoms with van der Waals surface area (Å²) in [6.07, 6.45) is -0.812. The average molecular weight is 295 g/mol. The maximum absolute atomic E-state index is 13.6. The fourth-order valence-corrected chi connectivity index (χ4v) is 2.16. The number of aryl methyl sites for hydroxylation is 2. The third kappa shape index (κ3) is 3.11. The van der Waals surface area contributed by atoms with Crippen molar-refractivity contribution in [3.05, 3.63) is 57.9 Å². The van der Waals surface area contributed by atoms with E-state index in [0.717, 1.165) is 5.56 Å². The number of aliphatic hydroxyl groups is 1. The molecule has 4 heteroatoms. The highest BCUT2D eigenvalue weighted by Crippen LogP contribution is 2.34. The molecule has 1 N–H and O–H groups in total. The van der Waals surface area contributed by atoms with Crippen LogP contribution < -0.4 is 4.74 Å². The third-order valence-electron chi connectivity index (χ3n) is 3.10. The molecule has 0 aliphatic carbocycles. The standard InChI is InChI=1S/C16H16ClFO2/c1-9-7-16(13(11(3)19)8-14(9)18)20-15-5-4-12(17)6-10(15)2/h4-8,11,19H,1-3H3. The summed E-state index contributed by atoms with van der Waals surface area (Å²) in [5.74, 6) is 0.715. The Morgan fingerprint density at radius 2 is 1.80 bits per heavy atom. The smallest absolute Gasteiger partial charge is 0.133 e. The Hall–Kier alpha value is -1.58. The SMILES string of the molecule is Cc1cc(Oc2ccc(Cl)cc2C)c(C(C)O)cc1F. The van der Waals surface area contributed by atoms with E-state index in [-0.39, 0.29) is 5.82 Å². The summed E-state index contributed by atoms with van der Waals surface area (Å²) in [6, 6.07) is 8.16. The van der Waals surface area contributed by atoms with Crippen LogP contribution in [0.3, 0.4) is 0 Å². The molecule has 0 radical (unpaired) electrons. The highest BCUT2D eigenvalue weighted by molar-refractivity contribution is 6.30. The summed E-state index contributed by atoms with van der Waals surface area (Å²) < 4.78 is 19.4. The summed E-state index contributed by atoms with van der Waals surface area (Å²) in [6.45, 7) is 5.11. The van der Waals surface area contributed by atoms with Crippen molar-refractivity contribution in [3.63, 3.8) is 0 Å². The van der Waals surface area contributed by atoms with Crippen molar-refractivity contribution < 1.29 is 14.2 Å². The van der Waals surface area contributed by atoms with Crippen molar-refractivity contribution in [2.75, 3.05) is 0 Å². The molecule has 2 rings (SSSR count). The first-order valence-corrected chi connectivity index (χ1v) is 6.68. The Morgan fingerprint density at radius 3 is 2.40 bits per heavy atom. The topological polar surface area (TPSA) is 29.5 Å². The fourth-order valence-electron chi connectivity index (χ4n) is 1.93. The summed E-state index contributed by atoms with van der Waals surface area (Å²) in [7, 11) is 0. The second kappa shape index (κ2) is 5.81. The lowest BCUT2D eigenvalue weighted by Gasteiger charge is -2.16. The Kier molecular flexibility index (Phi) is 4.31. The zero-order valence-corrected chi connectivity index (χ0v) is 12.3. The molecule has 1 unspecified atom stereocenters. The van der Waals surface area contributed by atoms with Gasteiger partial charge in [0.05, 0.1) is 6.10 Å². The second-order valence-corrected chi connectivity index (χ2v) is 5.26. The molecule has 0 heterocycles. The summed E-state index contributed by atoms with van der Waals surface area (Å²) in [5, 5.41) is 10.4. The Morgan fingerprint density at radius 1 is 1.10 bits per heavy atom. The minimum Gasteiger partial charge on any atom is -0.457 e. The lowest BCUT2D eigenvalue weighted by Crippen LogP contribution is -1.99. The molecule has 0 saturated heterocycles. The lowest BCUT2D eigenvalue weighted by atomic mass is 10.1. The largest absolute Gasteiger partial charge is 0.457 e. The van der Waals surface area contributed by atoms with Gasteiger partial charge in [-0.2, -0.15) is 0 Å². The van der Waals surface area contributed by atoms with Gasteiger partial charge in [0.2, 0.25) is 0 Å². The summed E-state index contributed by atoms with van der Waals surface area (Å²) in [5.41, 5.74) is 1.76. The van der Waals surface area contributed by atoms with Gasteiger partial charge < -0.3 is 9.84 Å². The van der Waals surface area contributed by atoms with Gasteiger partial charge in [-0.15, -0.1) is 0 Å². The molecule has 2 aromatic carbocycles. The van der Waals surface area contributed by atoms with E-state index >= 15 is 0 Å². The van der Waals surface area contributed by atoms with Crippen molar-refractivity contribution in [1.29, 1.82) is 0 Å². The van der Waals surface area contributed by atoms with Crippen LogP contribution in [0.25, 0.3) is 0 Å². The van der Waals surface area contributed by atoms with Crippen LogP contribution in [0.15, 0.2) is 30.3 Å². The van der Waals surface area contributed by atoms with Crippen LogP contribution in [0, 0.1) is 19.7 Å². The van der Waals surface area contributed by atoms with Crippen LogP contribution in [0.1, 0.15) is 29.7 Å². The van der Waals surface area contributed by atoms with Gasteiger partial charge in [0.25, 0.3) is 0 Å². The molecule has 0 saturated carbocycles. The number of hydrogen-bond donors (Lipinski definition) is 1. The molecule has 0 fully saturated rings. The van der Waals surface area contributed by atoms with Crippen molar-refractivity contribution in [2.45, 2.75) is 26.9 Å². The first-order chi connectivity index (χ1) is 9.38. The predicted molar refractivity (Wildman–Crippen MR) is 78.0 cm³/mol. The molecular weight excluding hydrogens is 279 g/mol. The van der Waals surface area contributed by atoms with Crippen LogP contribution in [-0.4, -0.2) is 5.11 Å². The van der Waals surface area contributed by atoms with Crippen molar-refractivity contribution in [3.8, 4) is 11.5 Å². The highest BCUT2D eigenvalue weighted by atomic mass is 35.5. The normalized spacial score (nSPS) is 12.3.